The second-order valence-electron chi connectivity index (χ2n) is 4.01. The standard InChI is InChI=1S/C13H11N3O4S/c1-21-10-4-2-9(3-5-10)15-12-11(16(19)20)6-8(7-14-12)13(17)18/h2-7H,1H3,(H,14,15)(H,17,18). The molecule has 2 N–H and O–H groups in total. The second kappa shape index (κ2) is 6.23. The minimum absolute atomic E-state index is 0.00176. The van der Waals surface area contributed by atoms with Gasteiger partial charge in [0.1, 0.15) is 0 Å². The van der Waals surface area contributed by atoms with Crippen LogP contribution < -0.4 is 5.32 Å². The van der Waals surface area contributed by atoms with E-state index in [2.05, 4.69) is 10.3 Å². The molecule has 0 spiro atoms. The first-order valence-electron chi connectivity index (χ1n) is 5.80. The summed E-state index contributed by atoms with van der Waals surface area (Å²) in [7, 11) is 0. The number of nitro groups is 1. The zero-order valence-corrected chi connectivity index (χ0v) is 11.8. The van der Waals surface area contributed by atoms with Gasteiger partial charge in [0.2, 0.25) is 5.82 Å². The highest BCUT2D eigenvalue weighted by Crippen LogP contribution is 2.27. The van der Waals surface area contributed by atoms with E-state index in [0.717, 1.165) is 17.2 Å². The predicted molar refractivity (Wildman–Crippen MR) is 79.4 cm³/mol. The lowest BCUT2D eigenvalue weighted by Gasteiger charge is -2.07. The summed E-state index contributed by atoms with van der Waals surface area (Å²) < 4.78 is 0. The van der Waals surface area contributed by atoms with Crippen molar-refractivity contribution >= 4 is 34.9 Å². The van der Waals surface area contributed by atoms with Crippen LogP contribution in [0.2, 0.25) is 0 Å². The molecule has 8 heteroatoms. The van der Waals surface area contributed by atoms with Crippen molar-refractivity contribution in [2.75, 3.05) is 11.6 Å². The largest absolute Gasteiger partial charge is 0.478 e. The number of anilines is 2. The predicted octanol–water partition coefficient (Wildman–Crippen LogP) is 3.15. The van der Waals surface area contributed by atoms with Gasteiger partial charge in [0, 0.05) is 22.8 Å². The molecule has 1 heterocycles. The van der Waals surface area contributed by atoms with E-state index in [4.69, 9.17) is 5.11 Å². The number of benzene rings is 1. The molecule has 0 amide bonds. The molecule has 2 rings (SSSR count). The Bertz CT molecular complexity index is 688. The molecule has 108 valence electrons. The summed E-state index contributed by atoms with van der Waals surface area (Å²) in [6, 6.07) is 8.24. The van der Waals surface area contributed by atoms with Gasteiger partial charge in [0.05, 0.1) is 10.5 Å². The number of hydrogen-bond acceptors (Lipinski definition) is 6. The summed E-state index contributed by atoms with van der Waals surface area (Å²) in [5, 5.41) is 22.7. The van der Waals surface area contributed by atoms with Gasteiger partial charge < -0.3 is 10.4 Å². The van der Waals surface area contributed by atoms with Crippen LogP contribution in [0, 0.1) is 10.1 Å². The number of thioether (sulfide) groups is 1. The average molecular weight is 305 g/mol. The summed E-state index contributed by atoms with van der Waals surface area (Å²) in [4.78, 5) is 26.1. The molecule has 7 nitrogen and oxygen atoms in total. The SMILES string of the molecule is CSc1ccc(Nc2ncc(C(=O)O)cc2[N+](=O)[O-])cc1. The zero-order valence-electron chi connectivity index (χ0n) is 10.9. The van der Waals surface area contributed by atoms with Crippen molar-refractivity contribution in [2.24, 2.45) is 0 Å². The molecule has 0 fully saturated rings. The number of nitrogens with zero attached hydrogens (tertiary/aromatic N) is 2. The molecular formula is C13H11N3O4S. The van der Waals surface area contributed by atoms with E-state index >= 15 is 0 Å². The third-order valence-electron chi connectivity index (χ3n) is 2.66. The highest BCUT2D eigenvalue weighted by molar-refractivity contribution is 7.98. The van der Waals surface area contributed by atoms with Crippen molar-refractivity contribution in [2.45, 2.75) is 4.90 Å². The van der Waals surface area contributed by atoms with Gasteiger partial charge in [-0.1, -0.05) is 0 Å². The van der Waals surface area contributed by atoms with Crippen LogP contribution in [-0.2, 0) is 0 Å². The maximum Gasteiger partial charge on any atom is 0.337 e. The highest BCUT2D eigenvalue weighted by Gasteiger charge is 2.19. The highest BCUT2D eigenvalue weighted by atomic mass is 32.2. The van der Waals surface area contributed by atoms with Crippen LogP contribution in [0.25, 0.3) is 0 Å². The Morgan fingerprint density at radius 1 is 1.38 bits per heavy atom. The van der Waals surface area contributed by atoms with Crippen LogP contribution in [0.1, 0.15) is 10.4 Å². The number of aromatic nitrogens is 1. The van der Waals surface area contributed by atoms with Crippen molar-refractivity contribution in [1.29, 1.82) is 0 Å². The summed E-state index contributed by atoms with van der Waals surface area (Å²) >= 11 is 1.58. The lowest BCUT2D eigenvalue weighted by molar-refractivity contribution is -0.384. The van der Waals surface area contributed by atoms with E-state index in [9.17, 15) is 14.9 Å². The van der Waals surface area contributed by atoms with Crippen LogP contribution in [0.5, 0.6) is 0 Å². The fraction of sp³-hybridized carbons (Fsp3) is 0.0769. The molecule has 0 saturated carbocycles. The lowest BCUT2D eigenvalue weighted by atomic mass is 10.2. The Kier molecular flexibility index (Phi) is 4.39. The van der Waals surface area contributed by atoms with Crippen LogP contribution in [0.15, 0.2) is 41.4 Å². The van der Waals surface area contributed by atoms with E-state index in [-0.39, 0.29) is 17.1 Å². The number of hydrogen-bond donors (Lipinski definition) is 2. The summed E-state index contributed by atoms with van der Waals surface area (Å²) in [6.45, 7) is 0. The van der Waals surface area contributed by atoms with Gasteiger partial charge in [0.25, 0.3) is 0 Å². The van der Waals surface area contributed by atoms with Gasteiger partial charge in [-0.25, -0.2) is 9.78 Å². The van der Waals surface area contributed by atoms with Crippen molar-refractivity contribution in [3.8, 4) is 0 Å². The molecule has 0 bridgehead atoms. The van der Waals surface area contributed by atoms with Crippen LogP contribution in [0.3, 0.4) is 0 Å². The molecular weight excluding hydrogens is 294 g/mol. The van der Waals surface area contributed by atoms with Crippen LogP contribution >= 0.6 is 11.8 Å². The Balaban J connectivity index is 2.34. The first-order valence-corrected chi connectivity index (χ1v) is 7.02. The normalized spacial score (nSPS) is 10.1. The van der Waals surface area contributed by atoms with Crippen molar-refractivity contribution in [3.63, 3.8) is 0 Å². The number of rotatable bonds is 5. The molecule has 1 aromatic carbocycles. The monoisotopic (exact) mass is 305 g/mol. The summed E-state index contributed by atoms with van der Waals surface area (Å²) in [5.41, 5.74) is 0.0142. The molecule has 21 heavy (non-hydrogen) atoms. The van der Waals surface area contributed by atoms with Gasteiger partial charge in [-0.05, 0) is 30.5 Å². The molecule has 1 aromatic heterocycles. The summed E-state index contributed by atoms with van der Waals surface area (Å²) in [5.74, 6) is -1.26. The van der Waals surface area contributed by atoms with Gasteiger partial charge >= 0.3 is 11.7 Å². The Labute approximate surface area is 124 Å². The zero-order chi connectivity index (χ0) is 15.4. The summed E-state index contributed by atoms with van der Waals surface area (Å²) in [6.07, 6.45) is 3.02. The van der Waals surface area contributed by atoms with Gasteiger partial charge in [-0.2, -0.15) is 0 Å². The fourth-order valence-electron chi connectivity index (χ4n) is 1.62. The number of carboxylic acid groups (broad SMARTS) is 1. The van der Waals surface area contributed by atoms with E-state index in [1.807, 2.05) is 18.4 Å². The second-order valence-corrected chi connectivity index (χ2v) is 4.89. The van der Waals surface area contributed by atoms with Gasteiger partial charge in [-0.15, -0.1) is 11.8 Å². The molecule has 0 radical (unpaired) electrons. The van der Waals surface area contributed by atoms with Crippen molar-refractivity contribution in [3.05, 3.63) is 52.2 Å². The molecule has 0 saturated heterocycles. The Morgan fingerprint density at radius 3 is 2.57 bits per heavy atom. The Hall–Kier alpha value is -2.61. The molecule has 0 unspecified atom stereocenters. The van der Waals surface area contributed by atoms with E-state index in [1.165, 1.54) is 0 Å². The molecule has 0 aliphatic carbocycles. The van der Waals surface area contributed by atoms with Crippen molar-refractivity contribution in [1.82, 2.24) is 4.98 Å². The van der Waals surface area contributed by atoms with E-state index in [0.29, 0.717) is 5.69 Å². The minimum atomic E-state index is -1.26. The Morgan fingerprint density at radius 2 is 2.05 bits per heavy atom. The molecule has 0 atom stereocenters. The van der Waals surface area contributed by atoms with Gasteiger partial charge in [-0.3, -0.25) is 10.1 Å². The quantitative estimate of drug-likeness (QED) is 0.496. The maximum absolute atomic E-state index is 11.0. The number of carboxylic acids is 1. The number of aromatic carboxylic acids is 1. The van der Waals surface area contributed by atoms with E-state index < -0.39 is 10.9 Å². The average Bonchev–Trinajstić information content (AvgIpc) is 2.48. The van der Waals surface area contributed by atoms with Crippen LogP contribution in [0.4, 0.5) is 17.2 Å². The minimum Gasteiger partial charge on any atom is -0.478 e. The third-order valence-corrected chi connectivity index (χ3v) is 3.41. The van der Waals surface area contributed by atoms with Crippen LogP contribution in [-0.4, -0.2) is 27.2 Å². The first-order chi connectivity index (χ1) is 10.0. The third kappa shape index (κ3) is 3.48. The molecule has 2 aromatic rings. The fourth-order valence-corrected chi connectivity index (χ4v) is 2.02. The lowest BCUT2D eigenvalue weighted by Crippen LogP contribution is -2.04. The number of pyridine rings is 1. The van der Waals surface area contributed by atoms with Gasteiger partial charge in [0.15, 0.2) is 0 Å². The topological polar surface area (TPSA) is 105 Å². The number of carbonyl (C=O) groups is 1. The smallest absolute Gasteiger partial charge is 0.337 e. The molecule has 0 aliphatic heterocycles. The van der Waals surface area contributed by atoms with Crippen molar-refractivity contribution < 1.29 is 14.8 Å². The molecule has 0 aliphatic rings. The first kappa shape index (κ1) is 14.8. The van der Waals surface area contributed by atoms with E-state index in [1.54, 1.807) is 23.9 Å². The number of nitrogens with one attached hydrogen (secondary N) is 1. The maximum atomic E-state index is 11.0.